The zero-order valence-electron chi connectivity index (χ0n) is 18.1. The zero-order chi connectivity index (χ0) is 20.9. The Morgan fingerprint density at radius 2 is 1.57 bits per heavy atom. The lowest BCUT2D eigenvalue weighted by atomic mass is 10.1. The summed E-state index contributed by atoms with van der Waals surface area (Å²) in [5.41, 5.74) is 2.07. The summed E-state index contributed by atoms with van der Waals surface area (Å²) in [6.45, 7) is 9.13. The predicted molar refractivity (Wildman–Crippen MR) is 121 cm³/mol. The number of piperidine rings is 1. The molecule has 7 nitrogen and oxygen atoms in total. The van der Waals surface area contributed by atoms with Crippen LogP contribution in [0.4, 0.5) is 22.1 Å². The van der Waals surface area contributed by atoms with Crippen molar-refractivity contribution in [2.75, 3.05) is 54.4 Å². The number of anilines is 3. The van der Waals surface area contributed by atoms with Gasteiger partial charge in [0.2, 0.25) is 0 Å². The van der Waals surface area contributed by atoms with Crippen molar-refractivity contribution in [3.63, 3.8) is 0 Å². The van der Waals surface area contributed by atoms with Gasteiger partial charge < -0.3 is 20.0 Å². The van der Waals surface area contributed by atoms with Crippen LogP contribution in [0.2, 0.25) is 0 Å². The lowest BCUT2D eigenvalue weighted by Gasteiger charge is -2.36. The summed E-state index contributed by atoms with van der Waals surface area (Å²) in [7, 11) is 0. The van der Waals surface area contributed by atoms with Gasteiger partial charge in [0.25, 0.3) is 0 Å². The fourth-order valence-electron chi connectivity index (χ4n) is 4.27. The van der Waals surface area contributed by atoms with Crippen molar-refractivity contribution in [3.05, 3.63) is 41.7 Å². The molecule has 3 heterocycles. The number of hydrogen-bond acceptors (Lipinski definition) is 5. The molecule has 0 spiro atoms. The standard InChI is InChI=1S/C23H32N6O/c1-3-19-9-5-6-10-20(19)26-23(30)29-15-13-28(14-16-29)22-17-21(24-18(2)25-22)27-11-7-4-8-12-27/h5-6,9-10,17H,3-4,7-8,11-16H2,1-2H3,(H,26,30). The number of rotatable bonds is 4. The quantitative estimate of drug-likeness (QED) is 0.836. The number of nitrogens with zero attached hydrogens (tertiary/aromatic N) is 5. The highest BCUT2D eigenvalue weighted by atomic mass is 16.2. The number of carbonyl (C=O) groups is 1. The van der Waals surface area contributed by atoms with E-state index in [-0.39, 0.29) is 6.03 Å². The number of benzene rings is 1. The van der Waals surface area contributed by atoms with Gasteiger partial charge in [-0.05, 0) is 44.2 Å². The second-order valence-electron chi connectivity index (χ2n) is 8.09. The molecule has 30 heavy (non-hydrogen) atoms. The lowest BCUT2D eigenvalue weighted by molar-refractivity contribution is 0.208. The first kappa shape index (κ1) is 20.4. The molecule has 2 aliphatic heterocycles. The van der Waals surface area contributed by atoms with E-state index in [0.717, 1.165) is 61.3 Å². The Labute approximate surface area is 179 Å². The van der Waals surface area contributed by atoms with Gasteiger partial charge in [0.1, 0.15) is 17.5 Å². The van der Waals surface area contributed by atoms with Crippen molar-refractivity contribution in [1.29, 1.82) is 0 Å². The minimum absolute atomic E-state index is 0.0246. The summed E-state index contributed by atoms with van der Waals surface area (Å²) in [5, 5.41) is 3.08. The van der Waals surface area contributed by atoms with Crippen molar-refractivity contribution in [3.8, 4) is 0 Å². The van der Waals surface area contributed by atoms with Crippen LogP contribution in [-0.4, -0.2) is 60.2 Å². The Morgan fingerprint density at radius 1 is 0.933 bits per heavy atom. The molecule has 2 saturated heterocycles. The number of aryl methyl sites for hydroxylation is 2. The SMILES string of the molecule is CCc1ccccc1NC(=O)N1CCN(c2cc(N3CCCCC3)nc(C)n2)CC1. The number of para-hydroxylation sites is 1. The summed E-state index contributed by atoms with van der Waals surface area (Å²) in [4.78, 5) is 28.6. The fourth-order valence-corrected chi connectivity index (χ4v) is 4.27. The first-order valence-corrected chi connectivity index (χ1v) is 11.1. The van der Waals surface area contributed by atoms with E-state index in [1.807, 2.05) is 30.0 Å². The lowest BCUT2D eigenvalue weighted by Crippen LogP contribution is -2.50. The maximum absolute atomic E-state index is 12.8. The average Bonchev–Trinajstić information content (AvgIpc) is 2.79. The van der Waals surface area contributed by atoms with Crippen LogP contribution in [0.25, 0.3) is 0 Å². The first-order valence-electron chi connectivity index (χ1n) is 11.1. The van der Waals surface area contributed by atoms with E-state index < -0.39 is 0 Å². The molecular formula is C23H32N6O. The van der Waals surface area contributed by atoms with Gasteiger partial charge in [-0.1, -0.05) is 25.1 Å². The molecule has 0 radical (unpaired) electrons. The van der Waals surface area contributed by atoms with Crippen molar-refractivity contribution in [2.45, 2.75) is 39.5 Å². The topological polar surface area (TPSA) is 64.6 Å². The summed E-state index contributed by atoms with van der Waals surface area (Å²) >= 11 is 0. The molecule has 1 N–H and O–H groups in total. The van der Waals surface area contributed by atoms with Crippen LogP contribution in [-0.2, 0) is 6.42 Å². The smallest absolute Gasteiger partial charge is 0.321 e. The molecule has 0 saturated carbocycles. The van der Waals surface area contributed by atoms with Crippen LogP contribution >= 0.6 is 0 Å². The zero-order valence-corrected chi connectivity index (χ0v) is 18.1. The van der Waals surface area contributed by atoms with Crippen molar-refractivity contribution in [1.82, 2.24) is 14.9 Å². The summed E-state index contributed by atoms with van der Waals surface area (Å²) in [5.74, 6) is 2.82. The highest BCUT2D eigenvalue weighted by molar-refractivity contribution is 5.90. The number of amides is 2. The van der Waals surface area contributed by atoms with Gasteiger partial charge in [0.05, 0.1) is 0 Å². The van der Waals surface area contributed by atoms with E-state index in [0.29, 0.717) is 13.1 Å². The molecule has 0 atom stereocenters. The van der Waals surface area contributed by atoms with Gasteiger partial charge in [-0.15, -0.1) is 0 Å². The van der Waals surface area contributed by atoms with Gasteiger partial charge in [0.15, 0.2) is 0 Å². The third kappa shape index (κ3) is 4.66. The largest absolute Gasteiger partial charge is 0.356 e. The molecule has 2 aliphatic rings. The van der Waals surface area contributed by atoms with E-state index in [1.165, 1.54) is 19.3 Å². The fraction of sp³-hybridized carbons (Fsp3) is 0.522. The average molecular weight is 409 g/mol. The number of nitrogens with one attached hydrogen (secondary N) is 1. The molecule has 4 rings (SSSR count). The van der Waals surface area contributed by atoms with Crippen LogP contribution in [0.3, 0.4) is 0 Å². The number of carbonyl (C=O) groups excluding carboxylic acids is 1. The van der Waals surface area contributed by atoms with Crippen LogP contribution in [0.1, 0.15) is 37.6 Å². The normalized spacial score (nSPS) is 17.2. The molecule has 1 aromatic carbocycles. The van der Waals surface area contributed by atoms with E-state index in [4.69, 9.17) is 0 Å². The first-order chi connectivity index (χ1) is 14.6. The maximum Gasteiger partial charge on any atom is 0.321 e. The Morgan fingerprint density at radius 3 is 2.23 bits per heavy atom. The van der Waals surface area contributed by atoms with Gasteiger partial charge in [-0.2, -0.15) is 0 Å². The van der Waals surface area contributed by atoms with Crippen LogP contribution < -0.4 is 15.1 Å². The Hall–Kier alpha value is -2.83. The summed E-state index contributed by atoms with van der Waals surface area (Å²) in [6.07, 6.45) is 4.66. The summed E-state index contributed by atoms with van der Waals surface area (Å²) in [6, 6.07) is 10.1. The molecule has 0 aliphatic carbocycles. The highest BCUT2D eigenvalue weighted by Gasteiger charge is 2.24. The Balaban J connectivity index is 1.38. The third-order valence-corrected chi connectivity index (χ3v) is 6.02. The molecule has 160 valence electrons. The maximum atomic E-state index is 12.8. The van der Waals surface area contributed by atoms with E-state index in [1.54, 1.807) is 0 Å². The van der Waals surface area contributed by atoms with Crippen LogP contribution in [0.5, 0.6) is 0 Å². The molecule has 1 aromatic heterocycles. The second-order valence-corrected chi connectivity index (χ2v) is 8.09. The Kier molecular flexibility index (Phi) is 6.35. The summed E-state index contributed by atoms with van der Waals surface area (Å²) < 4.78 is 0. The van der Waals surface area contributed by atoms with Gasteiger partial charge in [0, 0.05) is 51.0 Å². The minimum Gasteiger partial charge on any atom is -0.356 e. The van der Waals surface area contributed by atoms with Gasteiger partial charge >= 0.3 is 6.03 Å². The monoisotopic (exact) mass is 408 g/mol. The van der Waals surface area contributed by atoms with Crippen molar-refractivity contribution >= 4 is 23.4 Å². The predicted octanol–water partition coefficient (Wildman–Crippen LogP) is 3.69. The van der Waals surface area contributed by atoms with E-state index in [2.05, 4.69) is 44.1 Å². The van der Waals surface area contributed by atoms with Gasteiger partial charge in [-0.25, -0.2) is 14.8 Å². The Bertz CT molecular complexity index is 872. The van der Waals surface area contributed by atoms with E-state index >= 15 is 0 Å². The second kappa shape index (κ2) is 9.32. The third-order valence-electron chi connectivity index (χ3n) is 6.02. The highest BCUT2D eigenvalue weighted by Crippen LogP contribution is 2.23. The van der Waals surface area contributed by atoms with Crippen LogP contribution in [0.15, 0.2) is 30.3 Å². The molecule has 0 bridgehead atoms. The molecular weight excluding hydrogens is 376 g/mol. The number of hydrogen-bond donors (Lipinski definition) is 1. The number of urea groups is 1. The molecule has 0 unspecified atom stereocenters. The van der Waals surface area contributed by atoms with Crippen LogP contribution in [0, 0.1) is 6.92 Å². The number of piperazine rings is 1. The minimum atomic E-state index is -0.0246. The molecule has 2 aromatic rings. The molecule has 2 amide bonds. The molecule has 7 heteroatoms. The van der Waals surface area contributed by atoms with Crippen molar-refractivity contribution < 1.29 is 4.79 Å². The van der Waals surface area contributed by atoms with Gasteiger partial charge in [-0.3, -0.25) is 0 Å². The van der Waals surface area contributed by atoms with E-state index in [9.17, 15) is 4.79 Å². The molecule has 2 fully saturated rings. The number of aromatic nitrogens is 2. The van der Waals surface area contributed by atoms with Crippen molar-refractivity contribution in [2.24, 2.45) is 0 Å².